The van der Waals surface area contributed by atoms with E-state index >= 15 is 0 Å². The third kappa shape index (κ3) is 15.7. The first-order valence-electron chi connectivity index (χ1n) is 13.0. The van der Waals surface area contributed by atoms with Gasteiger partial charge in [0.1, 0.15) is 0 Å². The molecule has 0 aromatic rings. The van der Waals surface area contributed by atoms with E-state index in [9.17, 15) is 0 Å². The van der Waals surface area contributed by atoms with E-state index in [1.807, 2.05) is 0 Å². The molecule has 0 N–H and O–H groups in total. The Morgan fingerprint density at radius 2 is 0.222 bits per heavy atom. The molecule has 0 aromatic carbocycles. The Bertz CT molecular complexity index is 373. The molecule has 0 radical (unpaired) electrons. The van der Waals surface area contributed by atoms with Gasteiger partial charge in [-0.15, -0.1) is 0 Å². The summed E-state index contributed by atoms with van der Waals surface area (Å²) in [5, 5.41) is 0. The van der Waals surface area contributed by atoms with Gasteiger partial charge in [0.2, 0.25) is 0 Å². The van der Waals surface area contributed by atoms with E-state index in [1.165, 1.54) is 0 Å². The average Bonchev–Trinajstić information content (AvgIpc) is 2.64. The van der Waals surface area contributed by atoms with Crippen LogP contribution in [0.3, 0.4) is 0 Å². The van der Waals surface area contributed by atoms with Gasteiger partial charge in [-0.25, -0.2) is 0 Å². The molecule has 12 nitrogen and oxygen atoms in total. The summed E-state index contributed by atoms with van der Waals surface area (Å²) >= 11 is 0. The standard InChI is InChI=1S/4C6H15N3/c4*1-7-4-8(2)6-9(3)5-7/h4*4-6H2,1-3H3. The van der Waals surface area contributed by atoms with Crippen molar-refractivity contribution in [3.8, 4) is 0 Å². The highest BCUT2D eigenvalue weighted by molar-refractivity contribution is 4.61. The Kier molecular flexibility index (Phi) is 16.0. The summed E-state index contributed by atoms with van der Waals surface area (Å²) in [4.78, 5) is 27.4. The van der Waals surface area contributed by atoms with Gasteiger partial charge in [0.15, 0.2) is 0 Å². The van der Waals surface area contributed by atoms with Crippen molar-refractivity contribution in [2.75, 3.05) is 165 Å². The lowest BCUT2D eigenvalue weighted by atomic mass is 10.6. The van der Waals surface area contributed by atoms with Crippen molar-refractivity contribution >= 4 is 0 Å². The van der Waals surface area contributed by atoms with Crippen molar-refractivity contribution in [2.45, 2.75) is 0 Å². The van der Waals surface area contributed by atoms with Crippen molar-refractivity contribution in [1.29, 1.82) is 0 Å². The number of hydrogen-bond acceptors (Lipinski definition) is 12. The second-order valence-corrected chi connectivity index (χ2v) is 12.0. The smallest absolute Gasteiger partial charge is 0.0523 e. The maximum Gasteiger partial charge on any atom is 0.0523 e. The predicted octanol–water partition coefficient (Wildman–Crippen LogP) is -1.33. The van der Waals surface area contributed by atoms with Crippen LogP contribution in [0.2, 0.25) is 0 Å². The Labute approximate surface area is 223 Å². The molecule has 4 heterocycles. The van der Waals surface area contributed by atoms with Crippen LogP contribution in [0.5, 0.6) is 0 Å². The number of rotatable bonds is 0. The first-order chi connectivity index (χ1) is 16.7. The van der Waals surface area contributed by atoms with Crippen LogP contribution in [0.25, 0.3) is 0 Å². The van der Waals surface area contributed by atoms with E-state index in [4.69, 9.17) is 0 Å². The highest BCUT2D eigenvalue weighted by Crippen LogP contribution is 2.01. The molecular weight excluding hydrogens is 456 g/mol. The van der Waals surface area contributed by atoms with Crippen molar-refractivity contribution < 1.29 is 0 Å². The summed E-state index contributed by atoms with van der Waals surface area (Å²) in [5.41, 5.74) is 0. The zero-order valence-electron chi connectivity index (χ0n) is 25.9. The van der Waals surface area contributed by atoms with Gasteiger partial charge >= 0.3 is 0 Å². The molecule has 4 aliphatic rings. The minimum atomic E-state index is 1.09. The van der Waals surface area contributed by atoms with Gasteiger partial charge in [0.25, 0.3) is 0 Å². The molecule has 4 saturated heterocycles. The van der Waals surface area contributed by atoms with Gasteiger partial charge in [-0.05, 0) is 84.6 Å². The molecule has 216 valence electrons. The van der Waals surface area contributed by atoms with Crippen LogP contribution in [-0.4, -0.2) is 223 Å². The first-order valence-corrected chi connectivity index (χ1v) is 13.0. The maximum absolute atomic E-state index is 2.28. The van der Waals surface area contributed by atoms with E-state index < -0.39 is 0 Å². The van der Waals surface area contributed by atoms with Crippen LogP contribution in [0, 0.1) is 0 Å². The molecule has 0 atom stereocenters. The van der Waals surface area contributed by atoms with E-state index in [-0.39, 0.29) is 0 Å². The van der Waals surface area contributed by atoms with Gasteiger partial charge in [-0.2, -0.15) is 0 Å². The van der Waals surface area contributed by atoms with Crippen LogP contribution in [0.4, 0.5) is 0 Å². The first kappa shape index (κ1) is 33.5. The molecule has 0 saturated carbocycles. The van der Waals surface area contributed by atoms with Crippen molar-refractivity contribution in [1.82, 2.24) is 58.8 Å². The lowest BCUT2D eigenvalue weighted by Crippen LogP contribution is -2.50. The minimum Gasteiger partial charge on any atom is -0.280 e. The zero-order valence-corrected chi connectivity index (χ0v) is 25.9. The van der Waals surface area contributed by atoms with Crippen LogP contribution >= 0.6 is 0 Å². The Balaban J connectivity index is 0.000000240. The van der Waals surface area contributed by atoms with E-state index in [2.05, 4.69) is 143 Å². The topological polar surface area (TPSA) is 38.9 Å². The summed E-state index contributed by atoms with van der Waals surface area (Å²) in [6, 6.07) is 0. The Hall–Kier alpha value is -0.480. The van der Waals surface area contributed by atoms with Crippen LogP contribution < -0.4 is 0 Å². The highest BCUT2D eigenvalue weighted by Gasteiger charge is 2.15. The maximum atomic E-state index is 2.28. The van der Waals surface area contributed by atoms with Gasteiger partial charge in [0.05, 0.1) is 80.0 Å². The van der Waals surface area contributed by atoms with Crippen molar-refractivity contribution in [2.24, 2.45) is 0 Å². The molecule has 0 bridgehead atoms. The summed E-state index contributed by atoms with van der Waals surface area (Å²) < 4.78 is 0. The zero-order chi connectivity index (χ0) is 27.4. The molecule has 0 aliphatic carbocycles. The van der Waals surface area contributed by atoms with E-state index in [1.54, 1.807) is 0 Å². The molecule has 36 heavy (non-hydrogen) atoms. The lowest BCUT2D eigenvalue weighted by Gasteiger charge is -2.36. The van der Waals surface area contributed by atoms with Gasteiger partial charge < -0.3 is 0 Å². The quantitative estimate of drug-likeness (QED) is 0.383. The molecule has 0 amide bonds. The van der Waals surface area contributed by atoms with Gasteiger partial charge in [0, 0.05) is 0 Å². The summed E-state index contributed by atoms with van der Waals surface area (Å²) in [7, 11) is 25.6. The number of hydrogen-bond donors (Lipinski definition) is 0. The second kappa shape index (κ2) is 17.2. The van der Waals surface area contributed by atoms with Crippen LogP contribution in [-0.2, 0) is 0 Å². The van der Waals surface area contributed by atoms with Crippen molar-refractivity contribution in [3.05, 3.63) is 0 Å². The molecule has 12 heteroatoms. The molecular formula is C24H60N12. The molecule has 4 rings (SSSR count). The summed E-state index contributed by atoms with van der Waals surface area (Å²) in [6.07, 6.45) is 0. The number of nitrogens with zero attached hydrogens (tertiary/aromatic N) is 12. The van der Waals surface area contributed by atoms with Crippen LogP contribution in [0.15, 0.2) is 0 Å². The van der Waals surface area contributed by atoms with Gasteiger partial charge in [-0.3, -0.25) is 58.8 Å². The monoisotopic (exact) mass is 517 g/mol. The van der Waals surface area contributed by atoms with E-state index in [0.717, 1.165) is 80.0 Å². The molecule has 0 unspecified atom stereocenters. The van der Waals surface area contributed by atoms with E-state index in [0.29, 0.717) is 0 Å². The Morgan fingerprint density at radius 3 is 0.278 bits per heavy atom. The third-order valence-electron chi connectivity index (χ3n) is 5.79. The third-order valence-corrected chi connectivity index (χ3v) is 5.79. The second-order valence-electron chi connectivity index (χ2n) is 12.0. The summed E-state index contributed by atoms with van der Waals surface area (Å²) in [5.74, 6) is 0. The summed E-state index contributed by atoms with van der Waals surface area (Å²) in [6.45, 7) is 13.1. The Morgan fingerprint density at radius 1 is 0.167 bits per heavy atom. The molecule has 0 aromatic heterocycles. The fraction of sp³-hybridized carbons (Fsp3) is 1.00. The van der Waals surface area contributed by atoms with Crippen molar-refractivity contribution in [3.63, 3.8) is 0 Å². The largest absolute Gasteiger partial charge is 0.280 e. The highest BCUT2D eigenvalue weighted by atomic mass is 15.5. The normalized spacial score (nSPS) is 27.0. The van der Waals surface area contributed by atoms with Crippen LogP contribution in [0.1, 0.15) is 0 Å². The fourth-order valence-corrected chi connectivity index (χ4v) is 5.48. The molecule has 0 spiro atoms. The lowest BCUT2D eigenvalue weighted by molar-refractivity contribution is 0.0149. The van der Waals surface area contributed by atoms with Gasteiger partial charge in [-0.1, -0.05) is 0 Å². The molecule has 4 fully saturated rings. The fourth-order valence-electron chi connectivity index (χ4n) is 5.48. The minimum absolute atomic E-state index is 1.09. The average molecular weight is 517 g/mol. The molecule has 4 aliphatic heterocycles. The SMILES string of the molecule is CN1CN(C)CN(C)C1.CN1CN(C)CN(C)C1.CN1CN(C)CN(C)C1.CN1CN(C)CN(C)C1. The predicted molar refractivity (Wildman–Crippen MR) is 152 cm³/mol.